The topological polar surface area (TPSA) is 32.3 Å². The van der Waals surface area contributed by atoms with Crippen LogP contribution in [-0.4, -0.2) is 36.5 Å². The molecule has 1 aliphatic heterocycles. The standard InChI is InChI=1S/C14H26N2O/c1-10(2)14(17)16-7-6-13(11(3)9-16)15-8-12-4-5-12/h10-13,15H,4-9H2,1-3H3/t11-,13-/m0/s1. The number of rotatable bonds is 4. The predicted molar refractivity (Wildman–Crippen MR) is 69.7 cm³/mol. The van der Waals surface area contributed by atoms with Gasteiger partial charge < -0.3 is 10.2 Å². The summed E-state index contributed by atoms with van der Waals surface area (Å²) in [5, 5.41) is 3.68. The van der Waals surface area contributed by atoms with Crippen molar-refractivity contribution in [2.24, 2.45) is 17.8 Å². The van der Waals surface area contributed by atoms with Crippen LogP contribution in [-0.2, 0) is 4.79 Å². The molecule has 98 valence electrons. The molecular weight excluding hydrogens is 212 g/mol. The highest BCUT2D eigenvalue weighted by Crippen LogP contribution is 2.28. The Hall–Kier alpha value is -0.570. The summed E-state index contributed by atoms with van der Waals surface area (Å²) in [6.45, 7) is 9.30. The minimum absolute atomic E-state index is 0.137. The minimum atomic E-state index is 0.137. The van der Waals surface area contributed by atoms with E-state index in [4.69, 9.17) is 0 Å². The normalized spacial score (nSPS) is 29.8. The molecule has 1 heterocycles. The fourth-order valence-corrected chi connectivity index (χ4v) is 2.65. The molecule has 1 saturated heterocycles. The summed E-state index contributed by atoms with van der Waals surface area (Å²) in [6.07, 6.45) is 3.93. The highest BCUT2D eigenvalue weighted by atomic mass is 16.2. The number of likely N-dealkylation sites (tertiary alicyclic amines) is 1. The lowest BCUT2D eigenvalue weighted by Gasteiger charge is -2.38. The van der Waals surface area contributed by atoms with Crippen LogP contribution < -0.4 is 5.32 Å². The van der Waals surface area contributed by atoms with E-state index in [1.807, 2.05) is 18.7 Å². The van der Waals surface area contributed by atoms with Crippen molar-refractivity contribution in [3.63, 3.8) is 0 Å². The molecule has 3 nitrogen and oxygen atoms in total. The van der Waals surface area contributed by atoms with E-state index in [2.05, 4.69) is 12.2 Å². The van der Waals surface area contributed by atoms with Gasteiger partial charge in [-0.15, -0.1) is 0 Å². The number of nitrogens with zero attached hydrogens (tertiary/aromatic N) is 1. The first kappa shape index (κ1) is 12.9. The van der Waals surface area contributed by atoms with Crippen LogP contribution in [0.25, 0.3) is 0 Å². The lowest BCUT2D eigenvalue weighted by atomic mass is 9.93. The van der Waals surface area contributed by atoms with Crippen LogP contribution in [0.3, 0.4) is 0 Å². The Balaban J connectivity index is 1.77. The first-order valence-corrected chi connectivity index (χ1v) is 7.10. The van der Waals surface area contributed by atoms with Crippen LogP contribution in [0.4, 0.5) is 0 Å². The van der Waals surface area contributed by atoms with Crippen molar-refractivity contribution in [3.05, 3.63) is 0 Å². The number of nitrogens with one attached hydrogen (secondary N) is 1. The summed E-state index contributed by atoms with van der Waals surface area (Å²) in [5.41, 5.74) is 0. The van der Waals surface area contributed by atoms with E-state index >= 15 is 0 Å². The maximum atomic E-state index is 11.9. The summed E-state index contributed by atoms with van der Waals surface area (Å²) < 4.78 is 0. The van der Waals surface area contributed by atoms with E-state index in [0.29, 0.717) is 17.9 Å². The SMILES string of the molecule is CC(C)C(=O)N1CC[C@H](NCC2CC2)[C@@H](C)C1. The number of hydrogen-bond donors (Lipinski definition) is 1. The third kappa shape index (κ3) is 3.44. The Kier molecular flexibility index (Phi) is 4.08. The van der Waals surface area contributed by atoms with E-state index in [-0.39, 0.29) is 5.92 Å². The molecule has 0 radical (unpaired) electrons. The van der Waals surface area contributed by atoms with Gasteiger partial charge in [0.05, 0.1) is 0 Å². The van der Waals surface area contributed by atoms with Crippen molar-refractivity contribution in [3.8, 4) is 0 Å². The molecular formula is C14H26N2O. The average Bonchev–Trinajstić information content (AvgIpc) is 3.10. The lowest BCUT2D eigenvalue weighted by molar-refractivity contribution is -0.136. The van der Waals surface area contributed by atoms with Gasteiger partial charge in [0.1, 0.15) is 0 Å². The molecule has 1 saturated carbocycles. The maximum absolute atomic E-state index is 11.9. The molecule has 1 amide bonds. The first-order chi connectivity index (χ1) is 8.08. The summed E-state index contributed by atoms with van der Waals surface area (Å²) in [6, 6.07) is 0.617. The van der Waals surface area contributed by atoms with Crippen molar-refractivity contribution in [2.45, 2.75) is 46.1 Å². The van der Waals surface area contributed by atoms with E-state index in [1.165, 1.54) is 19.4 Å². The Morgan fingerprint density at radius 3 is 2.59 bits per heavy atom. The van der Waals surface area contributed by atoms with Gasteiger partial charge in [-0.25, -0.2) is 0 Å². The zero-order valence-electron chi connectivity index (χ0n) is 11.4. The predicted octanol–water partition coefficient (Wildman–Crippen LogP) is 1.88. The largest absolute Gasteiger partial charge is 0.342 e. The van der Waals surface area contributed by atoms with Gasteiger partial charge in [-0.3, -0.25) is 4.79 Å². The summed E-state index contributed by atoms with van der Waals surface area (Å²) in [7, 11) is 0. The molecule has 0 spiro atoms. The van der Waals surface area contributed by atoms with Gasteiger partial charge in [0.15, 0.2) is 0 Å². The fraction of sp³-hybridized carbons (Fsp3) is 0.929. The average molecular weight is 238 g/mol. The third-order valence-corrected chi connectivity index (χ3v) is 4.08. The van der Waals surface area contributed by atoms with Crippen LogP contribution in [0, 0.1) is 17.8 Å². The van der Waals surface area contributed by atoms with Crippen LogP contribution in [0.2, 0.25) is 0 Å². The quantitative estimate of drug-likeness (QED) is 0.811. The van der Waals surface area contributed by atoms with E-state index in [0.717, 1.165) is 25.4 Å². The maximum Gasteiger partial charge on any atom is 0.225 e. The number of amides is 1. The highest BCUT2D eigenvalue weighted by Gasteiger charge is 2.30. The molecule has 2 atom stereocenters. The lowest BCUT2D eigenvalue weighted by Crippen LogP contribution is -2.51. The van der Waals surface area contributed by atoms with Crippen molar-refractivity contribution < 1.29 is 4.79 Å². The Bertz CT molecular complexity index is 273. The smallest absolute Gasteiger partial charge is 0.225 e. The van der Waals surface area contributed by atoms with Gasteiger partial charge in [-0.2, -0.15) is 0 Å². The zero-order valence-corrected chi connectivity index (χ0v) is 11.4. The monoisotopic (exact) mass is 238 g/mol. The van der Waals surface area contributed by atoms with Gasteiger partial charge >= 0.3 is 0 Å². The van der Waals surface area contributed by atoms with Crippen LogP contribution in [0.5, 0.6) is 0 Å². The van der Waals surface area contributed by atoms with Gasteiger partial charge in [0.2, 0.25) is 5.91 Å². The van der Waals surface area contributed by atoms with Crippen molar-refractivity contribution in [1.29, 1.82) is 0 Å². The molecule has 2 fully saturated rings. The second-order valence-corrected chi connectivity index (χ2v) is 6.16. The molecule has 0 bridgehead atoms. The van der Waals surface area contributed by atoms with E-state index in [1.54, 1.807) is 0 Å². The Morgan fingerprint density at radius 1 is 1.35 bits per heavy atom. The minimum Gasteiger partial charge on any atom is -0.342 e. The zero-order chi connectivity index (χ0) is 12.4. The summed E-state index contributed by atoms with van der Waals surface area (Å²) in [5.74, 6) is 1.98. The Labute approximate surface area is 105 Å². The molecule has 1 N–H and O–H groups in total. The molecule has 0 unspecified atom stereocenters. The molecule has 0 aromatic carbocycles. The molecule has 3 heteroatoms. The van der Waals surface area contributed by atoms with Crippen LogP contribution in [0.1, 0.15) is 40.0 Å². The van der Waals surface area contributed by atoms with E-state index < -0.39 is 0 Å². The highest BCUT2D eigenvalue weighted by molar-refractivity contribution is 5.78. The molecule has 0 aromatic rings. The van der Waals surface area contributed by atoms with Gasteiger partial charge in [-0.1, -0.05) is 20.8 Å². The number of carbonyl (C=O) groups excluding carboxylic acids is 1. The molecule has 2 aliphatic rings. The second kappa shape index (κ2) is 5.38. The number of piperidine rings is 1. The third-order valence-electron chi connectivity index (χ3n) is 4.08. The molecule has 2 rings (SSSR count). The van der Waals surface area contributed by atoms with E-state index in [9.17, 15) is 4.79 Å². The van der Waals surface area contributed by atoms with Crippen molar-refractivity contribution in [2.75, 3.05) is 19.6 Å². The van der Waals surface area contributed by atoms with Crippen molar-refractivity contribution in [1.82, 2.24) is 10.2 Å². The second-order valence-electron chi connectivity index (χ2n) is 6.16. The number of hydrogen-bond acceptors (Lipinski definition) is 2. The van der Waals surface area contributed by atoms with Gasteiger partial charge in [0.25, 0.3) is 0 Å². The molecule has 17 heavy (non-hydrogen) atoms. The van der Waals surface area contributed by atoms with Gasteiger partial charge in [-0.05, 0) is 37.6 Å². The van der Waals surface area contributed by atoms with Crippen LogP contribution >= 0.6 is 0 Å². The van der Waals surface area contributed by atoms with Gasteiger partial charge in [0, 0.05) is 25.0 Å². The molecule has 1 aliphatic carbocycles. The number of carbonyl (C=O) groups is 1. The summed E-state index contributed by atoms with van der Waals surface area (Å²) >= 11 is 0. The molecule has 0 aromatic heterocycles. The van der Waals surface area contributed by atoms with Crippen molar-refractivity contribution >= 4 is 5.91 Å². The first-order valence-electron chi connectivity index (χ1n) is 7.10. The fourth-order valence-electron chi connectivity index (χ4n) is 2.65. The summed E-state index contributed by atoms with van der Waals surface area (Å²) in [4.78, 5) is 14.0. The van der Waals surface area contributed by atoms with Crippen LogP contribution in [0.15, 0.2) is 0 Å². The Morgan fingerprint density at radius 2 is 2.06 bits per heavy atom.